The van der Waals surface area contributed by atoms with Crippen LogP contribution in [0.3, 0.4) is 0 Å². The fraction of sp³-hybridized carbons (Fsp3) is 0.167. The summed E-state index contributed by atoms with van der Waals surface area (Å²) < 4.78 is 0. The first-order chi connectivity index (χ1) is 5.68. The van der Waals surface area contributed by atoms with E-state index in [0.29, 0.717) is 9.88 Å². The molecule has 1 aromatic rings. The number of fused-ring (bicyclic) bond motifs is 1. The number of aromatic nitrogens is 1. The van der Waals surface area contributed by atoms with Crippen LogP contribution >= 0.6 is 11.3 Å². The van der Waals surface area contributed by atoms with Crippen LogP contribution in [0.2, 0.25) is 0 Å². The molecule has 2 rings (SSSR count). The van der Waals surface area contributed by atoms with Gasteiger partial charge in [0, 0.05) is 0 Å². The molecule has 0 saturated heterocycles. The number of carbonyl (C=O) groups excluding carboxylic acids is 2. The Morgan fingerprint density at radius 1 is 1.17 bits per heavy atom. The molecule has 0 aliphatic carbocycles. The molecule has 1 aliphatic rings. The van der Waals surface area contributed by atoms with Gasteiger partial charge in [0.2, 0.25) is 0 Å². The van der Waals surface area contributed by atoms with Gasteiger partial charge >= 0.3 is 11.8 Å². The van der Waals surface area contributed by atoms with Gasteiger partial charge in [-0.3, -0.25) is 9.59 Å². The second-order valence-corrected chi connectivity index (χ2v) is 3.42. The highest BCUT2D eigenvalue weighted by Gasteiger charge is 2.26. The number of rotatable bonds is 0. The van der Waals surface area contributed by atoms with Crippen LogP contribution in [-0.2, 0) is 0 Å². The van der Waals surface area contributed by atoms with Crippen LogP contribution in [0.15, 0.2) is 10.2 Å². The Morgan fingerprint density at radius 2 is 1.83 bits per heavy atom. The summed E-state index contributed by atoms with van der Waals surface area (Å²) in [5.74, 6) is -1.01. The van der Waals surface area contributed by atoms with Crippen molar-refractivity contribution in [1.82, 2.24) is 4.98 Å². The summed E-state index contributed by atoms with van der Waals surface area (Å²) >= 11 is 1.17. The topological polar surface area (TPSA) is 71.8 Å². The Hall–Kier alpha value is -1.43. The van der Waals surface area contributed by atoms with Crippen molar-refractivity contribution in [3.05, 3.63) is 15.6 Å². The molecule has 0 fully saturated rings. The Labute approximate surface area is 71.2 Å². The van der Waals surface area contributed by atoms with Gasteiger partial charge in [-0.1, -0.05) is 0 Å². The standard InChI is InChI=1S/C6H3N3O2S/c1-2-7-3-4(12-2)6(11)9-8-5(3)10/h1H3. The molecule has 0 saturated carbocycles. The molecule has 0 spiro atoms. The molecule has 2 heterocycles. The van der Waals surface area contributed by atoms with E-state index in [1.807, 2.05) is 0 Å². The van der Waals surface area contributed by atoms with E-state index in [9.17, 15) is 9.59 Å². The Morgan fingerprint density at radius 3 is 2.50 bits per heavy atom. The first kappa shape index (κ1) is 7.23. The predicted octanol–water partition coefficient (Wildman–Crippen LogP) is 1.20. The quantitative estimate of drug-likeness (QED) is 0.603. The van der Waals surface area contributed by atoms with E-state index in [-0.39, 0.29) is 5.69 Å². The van der Waals surface area contributed by atoms with Crippen molar-refractivity contribution >= 4 is 23.2 Å². The van der Waals surface area contributed by atoms with Crippen molar-refractivity contribution in [3.8, 4) is 0 Å². The lowest BCUT2D eigenvalue weighted by Gasteiger charge is -1.96. The van der Waals surface area contributed by atoms with Crippen LogP contribution in [-0.4, -0.2) is 16.8 Å². The molecule has 0 aromatic carbocycles. The van der Waals surface area contributed by atoms with Crippen molar-refractivity contribution in [2.75, 3.05) is 0 Å². The number of nitrogens with zero attached hydrogens (tertiary/aromatic N) is 3. The van der Waals surface area contributed by atoms with Gasteiger partial charge in [-0.2, -0.15) is 0 Å². The molecule has 0 N–H and O–H groups in total. The Kier molecular flexibility index (Phi) is 1.37. The van der Waals surface area contributed by atoms with E-state index in [4.69, 9.17) is 0 Å². The summed E-state index contributed by atoms with van der Waals surface area (Å²) in [6.45, 7) is 1.73. The number of thiazole rings is 1. The molecule has 0 radical (unpaired) electrons. The lowest BCUT2D eigenvalue weighted by atomic mass is 10.3. The number of azo groups is 1. The van der Waals surface area contributed by atoms with E-state index >= 15 is 0 Å². The maximum absolute atomic E-state index is 11.0. The smallest absolute Gasteiger partial charge is 0.264 e. The van der Waals surface area contributed by atoms with Gasteiger partial charge in [-0.05, 0) is 6.92 Å². The molecule has 1 aliphatic heterocycles. The molecule has 12 heavy (non-hydrogen) atoms. The highest BCUT2D eigenvalue weighted by atomic mass is 32.1. The monoisotopic (exact) mass is 181 g/mol. The van der Waals surface area contributed by atoms with Crippen molar-refractivity contribution in [2.45, 2.75) is 6.92 Å². The summed E-state index contributed by atoms with van der Waals surface area (Å²) in [5, 5.41) is 6.99. The van der Waals surface area contributed by atoms with Crippen molar-refractivity contribution < 1.29 is 9.59 Å². The van der Waals surface area contributed by atoms with Crippen LogP contribution in [0.5, 0.6) is 0 Å². The number of hydrogen-bond donors (Lipinski definition) is 0. The second-order valence-electron chi connectivity index (χ2n) is 2.22. The molecular formula is C6H3N3O2S. The highest BCUT2D eigenvalue weighted by Crippen LogP contribution is 2.22. The van der Waals surface area contributed by atoms with Crippen LogP contribution in [0.4, 0.5) is 0 Å². The largest absolute Gasteiger partial charge is 0.315 e. The summed E-state index contributed by atoms with van der Waals surface area (Å²) in [5.41, 5.74) is 0.137. The zero-order chi connectivity index (χ0) is 8.72. The van der Waals surface area contributed by atoms with E-state index in [1.165, 1.54) is 11.3 Å². The molecule has 1 aromatic heterocycles. The predicted molar refractivity (Wildman–Crippen MR) is 40.4 cm³/mol. The highest BCUT2D eigenvalue weighted by molar-refractivity contribution is 7.14. The van der Waals surface area contributed by atoms with Crippen molar-refractivity contribution in [1.29, 1.82) is 0 Å². The summed E-state index contributed by atoms with van der Waals surface area (Å²) in [4.78, 5) is 26.2. The maximum Gasteiger partial charge on any atom is 0.315 e. The van der Waals surface area contributed by atoms with Crippen molar-refractivity contribution in [2.24, 2.45) is 10.2 Å². The van der Waals surface area contributed by atoms with E-state index in [2.05, 4.69) is 15.2 Å². The van der Waals surface area contributed by atoms with Crippen LogP contribution in [0.1, 0.15) is 25.2 Å². The molecular weight excluding hydrogens is 178 g/mol. The molecule has 60 valence electrons. The van der Waals surface area contributed by atoms with Gasteiger partial charge in [-0.25, -0.2) is 4.98 Å². The average Bonchev–Trinajstić information content (AvgIpc) is 2.41. The van der Waals surface area contributed by atoms with Gasteiger partial charge in [-0.15, -0.1) is 21.6 Å². The van der Waals surface area contributed by atoms with Gasteiger partial charge in [0.25, 0.3) is 0 Å². The summed E-state index contributed by atoms with van der Waals surface area (Å²) in [6, 6.07) is 0. The zero-order valence-electron chi connectivity index (χ0n) is 6.07. The first-order valence-corrected chi connectivity index (χ1v) is 3.98. The average molecular weight is 181 g/mol. The third kappa shape index (κ3) is 0.884. The SMILES string of the molecule is Cc1nc2c(s1)C(=O)N=NC2=O. The maximum atomic E-state index is 11.0. The Balaban J connectivity index is 2.68. The van der Waals surface area contributed by atoms with Crippen molar-refractivity contribution in [3.63, 3.8) is 0 Å². The van der Waals surface area contributed by atoms with Gasteiger partial charge in [0.15, 0.2) is 5.69 Å². The van der Waals surface area contributed by atoms with E-state index in [1.54, 1.807) is 6.92 Å². The summed E-state index contributed by atoms with van der Waals surface area (Å²) in [6.07, 6.45) is 0. The molecule has 0 bridgehead atoms. The third-order valence-electron chi connectivity index (χ3n) is 1.36. The molecule has 5 nitrogen and oxygen atoms in total. The Bertz CT molecular complexity index is 371. The molecule has 6 heteroatoms. The normalized spacial score (nSPS) is 15.1. The molecule has 0 atom stereocenters. The fourth-order valence-corrected chi connectivity index (χ4v) is 1.69. The van der Waals surface area contributed by atoms with Crippen LogP contribution in [0, 0.1) is 6.92 Å². The first-order valence-electron chi connectivity index (χ1n) is 3.16. The lowest BCUT2D eigenvalue weighted by Crippen LogP contribution is -2.08. The number of amides is 2. The van der Waals surface area contributed by atoms with Crippen LogP contribution in [0.25, 0.3) is 0 Å². The lowest BCUT2D eigenvalue weighted by molar-refractivity contribution is 0.0920. The van der Waals surface area contributed by atoms with E-state index < -0.39 is 11.8 Å². The van der Waals surface area contributed by atoms with Crippen LogP contribution < -0.4 is 0 Å². The van der Waals surface area contributed by atoms with Gasteiger partial charge in [0.1, 0.15) is 4.88 Å². The fourth-order valence-electron chi connectivity index (χ4n) is 0.901. The van der Waals surface area contributed by atoms with Gasteiger partial charge < -0.3 is 0 Å². The molecule has 2 amide bonds. The number of aryl methyl sites for hydroxylation is 1. The number of carbonyl (C=O) groups is 2. The third-order valence-corrected chi connectivity index (χ3v) is 2.32. The minimum absolute atomic E-state index is 0.137. The molecule has 0 unspecified atom stereocenters. The number of hydrogen-bond acceptors (Lipinski definition) is 4. The van der Waals surface area contributed by atoms with Gasteiger partial charge in [0.05, 0.1) is 5.01 Å². The zero-order valence-corrected chi connectivity index (χ0v) is 6.88. The minimum atomic E-state index is -0.533. The van der Waals surface area contributed by atoms with E-state index in [0.717, 1.165) is 0 Å². The minimum Gasteiger partial charge on any atom is -0.264 e. The second kappa shape index (κ2) is 2.28. The summed E-state index contributed by atoms with van der Waals surface area (Å²) in [7, 11) is 0.